The highest BCUT2D eigenvalue weighted by Crippen LogP contribution is 2.23. The largest absolute Gasteiger partial charge is 0.497 e. The molecule has 1 saturated heterocycles. The molecule has 0 amide bonds. The zero-order chi connectivity index (χ0) is 14.8. The van der Waals surface area contributed by atoms with Crippen molar-refractivity contribution in [1.29, 1.82) is 0 Å². The Bertz CT molecular complexity index is 626. The van der Waals surface area contributed by atoms with Crippen molar-refractivity contribution in [3.8, 4) is 5.75 Å². The van der Waals surface area contributed by atoms with E-state index < -0.39 is 0 Å². The fourth-order valence-corrected chi connectivity index (χ4v) is 3.05. The van der Waals surface area contributed by atoms with Crippen molar-refractivity contribution < 1.29 is 4.74 Å². The van der Waals surface area contributed by atoms with E-state index in [9.17, 15) is 0 Å². The highest BCUT2D eigenvalue weighted by Gasteiger charge is 2.22. The Labute approximate surface area is 126 Å². The molecule has 21 heavy (non-hydrogen) atoms. The summed E-state index contributed by atoms with van der Waals surface area (Å²) < 4.78 is 5.28. The summed E-state index contributed by atoms with van der Waals surface area (Å²) in [6, 6.07) is 14.2. The number of hydrogen-bond donors (Lipinski definition) is 1. The monoisotopic (exact) mass is 284 g/mol. The molecular weight excluding hydrogens is 260 g/mol. The van der Waals surface area contributed by atoms with Crippen LogP contribution in [0, 0.1) is 0 Å². The summed E-state index contributed by atoms with van der Waals surface area (Å²) in [6.45, 7) is 7.76. The zero-order valence-corrected chi connectivity index (χ0v) is 13.1. The summed E-state index contributed by atoms with van der Waals surface area (Å²) in [4.78, 5) is 2.56. The van der Waals surface area contributed by atoms with Crippen LogP contribution in [0.15, 0.2) is 36.4 Å². The molecule has 0 spiro atoms. The molecule has 0 bridgehead atoms. The van der Waals surface area contributed by atoms with Gasteiger partial charge in [0, 0.05) is 31.7 Å². The molecule has 3 heteroatoms. The Balaban J connectivity index is 1.81. The molecule has 2 atom stereocenters. The topological polar surface area (TPSA) is 24.5 Å². The normalized spacial score (nSPS) is 23.4. The third kappa shape index (κ3) is 3.20. The molecule has 1 aliphatic rings. The molecule has 0 radical (unpaired) electrons. The predicted octanol–water partition coefficient (Wildman–Crippen LogP) is 3.03. The van der Waals surface area contributed by atoms with Crippen LogP contribution in [0.5, 0.6) is 5.75 Å². The number of fused-ring (bicyclic) bond motifs is 1. The number of benzene rings is 2. The SMILES string of the molecule is COc1ccc2cc(CN3CC(C)NCC3C)ccc2c1. The standard InChI is InChI=1S/C18H24N2O/c1-13-11-20(14(2)10-19-13)12-15-4-5-17-9-18(21-3)7-6-16(17)8-15/h4-9,13-14,19H,10-12H2,1-3H3. The number of hydrogen-bond acceptors (Lipinski definition) is 3. The molecule has 2 aromatic carbocycles. The van der Waals surface area contributed by atoms with Crippen molar-refractivity contribution >= 4 is 10.8 Å². The van der Waals surface area contributed by atoms with Gasteiger partial charge in [0.2, 0.25) is 0 Å². The number of ether oxygens (including phenoxy) is 1. The quantitative estimate of drug-likeness (QED) is 0.937. The van der Waals surface area contributed by atoms with Crippen LogP contribution in [-0.4, -0.2) is 37.2 Å². The first kappa shape index (κ1) is 14.4. The van der Waals surface area contributed by atoms with Crippen molar-refractivity contribution in [2.45, 2.75) is 32.5 Å². The molecule has 1 aliphatic heterocycles. The van der Waals surface area contributed by atoms with Gasteiger partial charge in [0.15, 0.2) is 0 Å². The lowest BCUT2D eigenvalue weighted by atomic mass is 10.0. The molecule has 0 saturated carbocycles. The molecule has 2 aromatic rings. The minimum Gasteiger partial charge on any atom is -0.497 e. The summed E-state index contributed by atoms with van der Waals surface area (Å²) in [5.41, 5.74) is 1.38. The molecule has 1 fully saturated rings. The fraction of sp³-hybridized carbons (Fsp3) is 0.444. The van der Waals surface area contributed by atoms with Gasteiger partial charge in [-0.3, -0.25) is 4.90 Å². The molecule has 2 unspecified atom stereocenters. The lowest BCUT2D eigenvalue weighted by molar-refractivity contribution is 0.139. The maximum absolute atomic E-state index is 5.28. The van der Waals surface area contributed by atoms with E-state index in [2.05, 4.69) is 54.4 Å². The van der Waals surface area contributed by atoms with E-state index in [4.69, 9.17) is 4.74 Å². The molecule has 3 rings (SSSR count). The summed E-state index contributed by atoms with van der Waals surface area (Å²) >= 11 is 0. The smallest absolute Gasteiger partial charge is 0.119 e. The zero-order valence-electron chi connectivity index (χ0n) is 13.1. The highest BCUT2D eigenvalue weighted by molar-refractivity contribution is 5.84. The number of rotatable bonds is 3. The van der Waals surface area contributed by atoms with Crippen LogP contribution < -0.4 is 10.1 Å². The van der Waals surface area contributed by atoms with Crippen LogP contribution in [0.1, 0.15) is 19.4 Å². The van der Waals surface area contributed by atoms with Crippen molar-refractivity contribution in [2.24, 2.45) is 0 Å². The summed E-state index contributed by atoms with van der Waals surface area (Å²) in [5.74, 6) is 0.916. The Morgan fingerprint density at radius 1 is 1.14 bits per heavy atom. The van der Waals surface area contributed by atoms with Gasteiger partial charge in [0.05, 0.1) is 7.11 Å². The van der Waals surface area contributed by atoms with E-state index >= 15 is 0 Å². The summed E-state index contributed by atoms with van der Waals surface area (Å²) in [7, 11) is 1.71. The molecule has 0 aromatic heterocycles. The van der Waals surface area contributed by atoms with Crippen LogP contribution in [0.3, 0.4) is 0 Å². The van der Waals surface area contributed by atoms with Crippen LogP contribution in [0.4, 0.5) is 0 Å². The van der Waals surface area contributed by atoms with E-state index in [0.717, 1.165) is 25.4 Å². The van der Waals surface area contributed by atoms with E-state index in [-0.39, 0.29) is 0 Å². The lowest BCUT2D eigenvalue weighted by Gasteiger charge is -2.37. The van der Waals surface area contributed by atoms with Crippen molar-refractivity contribution in [3.63, 3.8) is 0 Å². The maximum atomic E-state index is 5.28. The molecule has 1 N–H and O–H groups in total. The molecule has 3 nitrogen and oxygen atoms in total. The Morgan fingerprint density at radius 2 is 1.90 bits per heavy atom. The average molecular weight is 284 g/mol. The van der Waals surface area contributed by atoms with Crippen LogP contribution in [0.2, 0.25) is 0 Å². The van der Waals surface area contributed by atoms with E-state index in [1.807, 2.05) is 6.07 Å². The Kier molecular flexibility index (Phi) is 4.13. The average Bonchev–Trinajstić information content (AvgIpc) is 2.50. The minimum atomic E-state index is 0.575. The molecule has 0 aliphatic carbocycles. The van der Waals surface area contributed by atoms with Gasteiger partial charge in [0.25, 0.3) is 0 Å². The number of nitrogens with one attached hydrogen (secondary N) is 1. The Morgan fingerprint density at radius 3 is 2.71 bits per heavy atom. The number of nitrogens with zero attached hydrogens (tertiary/aromatic N) is 1. The van der Waals surface area contributed by atoms with Gasteiger partial charge < -0.3 is 10.1 Å². The van der Waals surface area contributed by atoms with Crippen molar-refractivity contribution in [3.05, 3.63) is 42.0 Å². The second kappa shape index (κ2) is 6.04. The number of methoxy groups -OCH3 is 1. The lowest BCUT2D eigenvalue weighted by Crippen LogP contribution is -2.53. The van der Waals surface area contributed by atoms with Crippen LogP contribution >= 0.6 is 0 Å². The third-order valence-corrected chi connectivity index (χ3v) is 4.39. The van der Waals surface area contributed by atoms with Gasteiger partial charge in [-0.2, -0.15) is 0 Å². The summed E-state index contributed by atoms with van der Waals surface area (Å²) in [6.07, 6.45) is 0. The first-order valence-electron chi connectivity index (χ1n) is 7.70. The van der Waals surface area contributed by atoms with Gasteiger partial charge in [-0.05, 0) is 48.4 Å². The predicted molar refractivity (Wildman–Crippen MR) is 87.8 cm³/mol. The molecule has 1 heterocycles. The summed E-state index contributed by atoms with van der Waals surface area (Å²) in [5, 5.41) is 6.05. The second-order valence-corrected chi connectivity index (χ2v) is 6.14. The first-order valence-corrected chi connectivity index (χ1v) is 7.70. The maximum Gasteiger partial charge on any atom is 0.119 e. The van der Waals surface area contributed by atoms with Gasteiger partial charge in [-0.25, -0.2) is 0 Å². The van der Waals surface area contributed by atoms with E-state index in [1.165, 1.54) is 16.3 Å². The Hall–Kier alpha value is -1.58. The van der Waals surface area contributed by atoms with Crippen molar-refractivity contribution in [1.82, 2.24) is 10.2 Å². The molecule has 112 valence electrons. The number of piperazine rings is 1. The van der Waals surface area contributed by atoms with E-state index in [0.29, 0.717) is 12.1 Å². The molecular formula is C18H24N2O. The first-order chi connectivity index (χ1) is 10.2. The van der Waals surface area contributed by atoms with Gasteiger partial charge in [-0.1, -0.05) is 18.2 Å². The fourth-order valence-electron chi connectivity index (χ4n) is 3.05. The van der Waals surface area contributed by atoms with Gasteiger partial charge >= 0.3 is 0 Å². The third-order valence-electron chi connectivity index (χ3n) is 4.39. The van der Waals surface area contributed by atoms with E-state index in [1.54, 1.807) is 7.11 Å². The van der Waals surface area contributed by atoms with Gasteiger partial charge in [-0.15, -0.1) is 0 Å². The minimum absolute atomic E-state index is 0.575. The second-order valence-electron chi connectivity index (χ2n) is 6.14. The van der Waals surface area contributed by atoms with Crippen LogP contribution in [-0.2, 0) is 6.54 Å². The highest BCUT2D eigenvalue weighted by atomic mass is 16.5. The van der Waals surface area contributed by atoms with Crippen LogP contribution in [0.25, 0.3) is 10.8 Å². The van der Waals surface area contributed by atoms with Crippen molar-refractivity contribution in [2.75, 3.05) is 20.2 Å². The van der Waals surface area contributed by atoms with Gasteiger partial charge in [0.1, 0.15) is 5.75 Å².